The molecule has 0 aliphatic carbocycles. The molecule has 0 amide bonds. The second-order valence-corrected chi connectivity index (χ2v) is 4.78. The minimum Gasteiger partial charge on any atom is -0.311 e. The third kappa shape index (κ3) is 2.46. The van der Waals surface area contributed by atoms with Gasteiger partial charge in [0.05, 0.1) is 23.1 Å². The molecule has 0 fully saturated rings. The van der Waals surface area contributed by atoms with Crippen LogP contribution in [0.15, 0.2) is 12.1 Å². The van der Waals surface area contributed by atoms with Gasteiger partial charge in [-0.15, -0.1) is 0 Å². The van der Waals surface area contributed by atoms with Gasteiger partial charge in [-0.25, -0.2) is 0 Å². The van der Waals surface area contributed by atoms with Crippen LogP contribution in [0.3, 0.4) is 0 Å². The normalized spacial score (nSPS) is 12.9. The highest BCUT2D eigenvalue weighted by atomic mass is 15.3. The van der Waals surface area contributed by atoms with E-state index in [-0.39, 0.29) is 6.04 Å². The van der Waals surface area contributed by atoms with E-state index in [0.29, 0.717) is 0 Å². The van der Waals surface area contributed by atoms with Crippen molar-refractivity contribution in [3.05, 3.63) is 34.9 Å². The Bertz CT molecular complexity index is 538. The van der Waals surface area contributed by atoms with Crippen LogP contribution in [0.25, 0.3) is 0 Å². The Balaban J connectivity index is 2.25. The summed E-state index contributed by atoms with van der Waals surface area (Å²) in [6.07, 6.45) is 0.910. The van der Waals surface area contributed by atoms with Crippen molar-refractivity contribution in [1.82, 2.24) is 24.9 Å². The molecule has 1 atom stereocenters. The van der Waals surface area contributed by atoms with Crippen molar-refractivity contribution in [2.24, 2.45) is 14.1 Å². The molecule has 2 aromatic heterocycles. The van der Waals surface area contributed by atoms with Gasteiger partial charge in [0.25, 0.3) is 0 Å². The summed E-state index contributed by atoms with van der Waals surface area (Å²) >= 11 is 0. The lowest BCUT2D eigenvalue weighted by atomic mass is 10.1. The molecule has 2 heterocycles. The average Bonchev–Trinajstić information content (AvgIpc) is 2.78. The molecule has 2 rings (SSSR count). The first-order valence-electron chi connectivity index (χ1n) is 6.18. The summed E-state index contributed by atoms with van der Waals surface area (Å²) in [5, 5.41) is 12.1. The molecule has 5 nitrogen and oxygen atoms in total. The Kier molecular flexibility index (Phi) is 3.52. The first-order chi connectivity index (χ1) is 8.51. The summed E-state index contributed by atoms with van der Waals surface area (Å²) < 4.78 is 3.89. The van der Waals surface area contributed by atoms with Gasteiger partial charge in [-0.1, -0.05) is 0 Å². The predicted molar refractivity (Wildman–Crippen MR) is 71.4 cm³/mol. The molecule has 0 aliphatic heterocycles. The van der Waals surface area contributed by atoms with Crippen LogP contribution in [0.4, 0.5) is 0 Å². The van der Waals surface area contributed by atoms with Crippen molar-refractivity contribution in [1.29, 1.82) is 0 Å². The minimum absolute atomic E-state index is 0.256. The zero-order valence-electron chi connectivity index (χ0n) is 11.7. The van der Waals surface area contributed by atoms with Crippen LogP contribution >= 0.6 is 0 Å². The van der Waals surface area contributed by atoms with Gasteiger partial charge in [-0.3, -0.25) is 9.36 Å². The zero-order valence-corrected chi connectivity index (χ0v) is 11.7. The molecule has 18 heavy (non-hydrogen) atoms. The van der Waals surface area contributed by atoms with E-state index < -0.39 is 0 Å². The molecule has 0 spiro atoms. The van der Waals surface area contributed by atoms with E-state index in [1.54, 1.807) is 0 Å². The standard InChI is InChI=1S/C13H21N5/c1-9-6-11(17(4)15-9)8-12(14-3)13-7-10(2)16-18(13)5/h6-7,12,14H,8H2,1-5H3. The molecular formula is C13H21N5. The number of hydrogen-bond donors (Lipinski definition) is 1. The van der Waals surface area contributed by atoms with Crippen molar-refractivity contribution in [2.75, 3.05) is 7.05 Å². The van der Waals surface area contributed by atoms with Crippen LogP contribution in [0.5, 0.6) is 0 Å². The van der Waals surface area contributed by atoms with Gasteiger partial charge in [0.2, 0.25) is 0 Å². The number of rotatable bonds is 4. The molecule has 98 valence electrons. The van der Waals surface area contributed by atoms with Gasteiger partial charge >= 0.3 is 0 Å². The van der Waals surface area contributed by atoms with Crippen LogP contribution in [0, 0.1) is 13.8 Å². The molecule has 0 saturated heterocycles. The molecule has 0 radical (unpaired) electrons. The maximum Gasteiger partial charge on any atom is 0.0597 e. The molecular weight excluding hydrogens is 226 g/mol. The maximum absolute atomic E-state index is 4.40. The number of nitrogens with zero attached hydrogens (tertiary/aromatic N) is 4. The van der Waals surface area contributed by atoms with Crippen molar-refractivity contribution in [2.45, 2.75) is 26.3 Å². The van der Waals surface area contributed by atoms with Crippen LogP contribution in [-0.4, -0.2) is 26.6 Å². The second-order valence-electron chi connectivity index (χ2n) is 4.78. The van der Waals surface area contributed by atoms with Crippen LogP contribution in [-0.2, 0) is 20.5 Å². The highest BCUT2D eigenvalue weighted by molar-refractivity contribution is 5.17. The van der Waals surface area contributed by atoms with E-state index in [2.05, 4.69) is 27.6 Å². The van der Waals surface area contributed by atoms with Crippen molar-refractivity contribution >= 4 is 0 Å². The van der Waals surface area contributed by atoms with Crippen LogP contribution in [0.2, 0.25) is 0 Å². The van der Waals surface area contributed by atoms with Gasteiger partial charge in [0, 0.05) is 26.2 Å². The highest BCUT2D eigenvalue weighted by Gasteiger charge is 2.16. The fourth-order valence-corrected chi connectivity index (χ4v) is 2.38. The molecule has 0 bridgehead atoms. The molecule has 0 aliphatic rings. The van der Waals surface area contributed by atoms with Crippen LogP contribution in [0.1, 0.15) is 28.8 Å². The monoisotopic (exact) mass is 247 g/mol. The summed E-state index contributed by atoms with van der Waals surface area (Å²) in [7, 11) is 5.96. The molecule has 0 saturated carbocycles. The number of aromatic nitrogens is 4. The van der Waals surface area contributed by atoms with Gasteiger partial charge < -0.3 is 5.32 Å². The largest absolute Gasteiger partial charge is 0.311 e. The van der Waals surface area contributed by atoms with Crippen molar-refractivity contribution < 1.29 is 0 Å². The molecule has 0 aromatic carbocycles. The van der Waals surface area contributed by atoms with E-state index in [0.717, 1.165) is 17.8 Å². The Morgan fingerprint density at radius 1 is 1.11 bits per heavy atom. The Hall–Kier alpha value is -1.62. The predicted octanol–water partition coefficient (Wildman–Crippen LogP) is 1.27. The number of likely N-dealkylation sites (N-methyl/N-ethyl adjacent to an activating group) is 1. The number of nitrogens with one attached hydrogen (secondary N) is 1. The first kappa shape index (κ1) is 12.8. The van der Waals surface area contributed by atoms with Gasteiger partial charge in [-0.05, 0) is 33.0 Å². The summed E-state index contributed by atoms with van der Waals surface area (Å²) in [4.78, 5) is 0. The molecule has 5 heteroatoms. The smallest absolute Gasteiger partial charge is 0.0597 e. The Labute approximate surface area is 108 Å². The van der Waals surface area contributed by atoms with E-state index in [1.165, 1.54) is 11.4 Å². The maximum atomic E-state index is 4.40. The third-order valence-corrected chi connectivity index (χ3v) is 3.26. The van der Waals surface area contributed by atoms with Crippen molar-refractivity contribution in [3.8, 4) is 0 Å². The topological polar surface area (TPSA) is 47.7 Å². The highest BCUT2D eigenvalue weighted by Crippen LogP contribution is 2.18. The lowest BCUT2D eigenvalue weighted by Crippen LogP contribution is -2.22. The second kappa shape index (κ2) is 4.94. The molecule has 2 aromatic rings. The molecule has 1 unspecified atom stereocenters. The van der Waals surface area contributed by atoms with Gasteiger partial charge in [-0.2, -0.15) is 10.2 Å². The lowest BCUT2D eigenvalue weighted by Gasteiger charge is -2.16. The fraction of sp³-hybridized carbons (Fsp3) is 0.538. The Morgan fingerprint density at radius 2 is 1.72 bits per heavy atom. The fourth-order valence-electron chi connectivity index (χ4n) is 2.38. The van der Waals surface area contributed by atoms with E-state index in [1.807, 2.05) is 44.4 Å². The number of aryl methyl sites for hydroxylation is 4. The summed E-state index contributed by atoms with van der Waals surface area (Å²) in [6.45, 7) is 4.04. The van der Waals surface area contributed by atoms with Gasteiger partial charge in [0.1, 0.15) is 0 Å². The quantitative estimate of drug-likeness (QED) is 0.885. The molecule has 1 N–H and O–H groups in total. The van der Waals surface area contributed by atoms with E-state index >= 15 is 0 Å². The first-order valence-corrected chi connectivity index (χ1v) is 6.18. The average molecular weight is 247 g/mol. The zero-order chi connectivity index (χ0) is 13.3. The van der Waals surface area contributed by atoms with E-state index in [9.17, 15) is 0 Å². The summed E-state index contributed by atoms with van der Waals surface area (Å²) in [5.74, 6) is 0. The van der Waals surface area contributed by atoms with Gasteiger partial charge in [0.15, 0.2) is 0 Å². The van der Waals surface area contributed by atoms with Crippen LogP contribution < -0.4 is 5.32 Å². The summed E-state index contributed by atoms with van der Waals surface area (Å²) in [5.41, 5.74) is 4.54. The lowest BCUT2D eigenvalue weighted by molar-refractivity contribution is 0.519. The SMILES string of the molecule is CNC(Cc1cc(C)nn1C)c1cc(C)nn1C. The number of hydrogen-bond acceptors (Lipinski definition) is 3. The van der Waals surface area contributed by atoms with Crippen molar-refractivity contribution in [3.63, 3.8) is 0 Å². The summed E-state index contributed by atoms with van der Waals surface area (Å²) in [6, 6.07) is 4.52. The Morgan fingerprint density at radius 3 is 2.17 bits per heavy atom. The minimum atomic E-state index is 0.256. The van der Waals surface area contributed by atoms with E-state index in [4.69, 9.17) is 0 Å². The third-order valence-electron chi connectivity index (χ3n) is 3.26.